The van der Waals surface area contributed by atoms with E-state index in [9.17, 15) is 9.59 Å². The van der Waals surface area contributed by atoms with Gasteiger partial charge < -0.3 is 10.6 Å². The zero-order valence-corrected chi connectivity index (χ0v) is 7.41. The highest BCUT2D eigenvalue weighted by Crippen LogP contribution is 2.03. The molecule has 0 saturated heterocycles. The summed E-state index contributed by atoms with van der Waals surface area (Å²) in [5.74, 6) is -1.62. The molecule has 0 saturated carbocycles. The highest BCUT2D eigenvalue weighted by molar-refractivity contribution is 5.94. The Morgan fingerprint density at radius 2 is 2.07 bits per heavy atom. The van der Waals surface area contributed by atoms with E-state index in [0.717, 1.165) is 0 Å². The third-order valence-electron chi connectivity index (χ3n) is 1.47. The van der Waals surface area contributed by atoms with Crippen molar-refractivity contribution in [2.75, 3.05) is 11.9 Å². The van der Waals surface area contributed by atoms with Crippen LogP contribution in [-0.2, 0) is 9.59 Å². The van der Waals surface area contributed by atoms with Gasteiger partial charge in [0.2, 0.25) is 11.8 Å². The fourth-order valence-electron chi connectivity index (χ4n) is 0.887. The Morgan fingerprint density at radius 3 is 2.71 bits per heavy atom. The maximum Gasteiger partial charge on any atom is 0.243 e. The van der Waals surface area contributed by atoms with Crippen LogP contribution in [0.15, 0.2) is 30.3 Å². The van der Waals surface area contributed by atoms with Crippen LogP contribution in [0.25, 0.3) is 0 Å². The Hall–Kier alpha value is -1.84. The quantitative estimate of drug-likeness (QED) is 0.748. The summed E-state index contributed by atoms with van der Waals surface area (Å²) in [6.07, 6.45) is 0. The average Bonchev–Trinajstić information content (AvgIpc) is 2.26. The maximum absolute atomic E-state index is 11.3. The van der Waals surface area contributed by atoms with Crippen molar-refractivity contribution in [3.63, 3.8) is 0 Å². The summed E-state index contributed by atoms with van der Waals surface area (Å²) >= 11 is 0. The van der Waals surface area contributed by atoms with Gasteiger partial charge in [0.1, 0.15) is 0 Å². The van der Waals surface area contributed by atoms with Crippen molar-refractivity contribution in [1.29, 1.82) is 0 Å². The van der Waals surface area contributed by atoms with E-state index in [4.69, 9.17) is 4.11 Å². The summed E-state index contributed by atoms with van der Waals surface area (Å²) in [6.45, 7) is -3.10. The molecule has 0 bridgehead atoms. The molecular weight excluding hydrogens is 180 g/mol. The second-order valence-corrected chi connectivity index (χ2v) is 2.60. The first-order valence-corrected chi connectivity index (χ1v) is 4.03. The number of para-hydroxylation sites is 1. The fourth-order valence-corrected chi connectivity index (χ4v) is 0.887. The Kier molecular flexibility index (Phi) is 2.36. The molecule has 0 aliphatic carbocycles. The molecular formula is C10H12N2O2. The molecule has 2 N–H and O–H groups in total. The van der Waals surface area contributed by atoms with Crippen molar-refractivity contribution in [2.24, 2.45) is 0 Å². The third kappa shape index (κ3) is 3.71. The summed E-state index contributed by atoms with van der Waals surface area (Å²) in [5, 5.41) is 4.54. The lowest BCUT2D eigenvalue weighted by atomic mass is 10.3. The van der Waals surface area contributed by atoms with Gasteiger partial charge in [-0.25, -0.2) is 0 Å². The average molecular weight is 195 g/mol. The molecule has 0 radical (unpaired) electrons. The fraction of sp³-hybridized carbons (Fsp3) is 0.200. The molecule has 0 unspecified atom stereocenters. The highest BCUT2D eigenvalue weighted by atomic mass is 16.2. The van der Waals surface area contributed by atoms with E-state index < -0.39 is 18.7 Å². The minimum Gasteiger partial charge on any atom is -0.347 e. The number of hydrogen-bond donors (Lipinski definition) is 2. The van der Waals surface area contributed by atoms with Gasteiger partial charge in [-0.3, -0.25) is 9.59 Å². The Bertz CT molecular complexity index is 404. The summed E-state index contributed by atoms with van der Waals surface area (Å²) in [6, 6.07) is 8.66. The number of hydrogen-bond acceptors (Lipinski definition) is 2. The summed E-state index contributed by atoms with van der Waals surface area (Å²) in [5.41, 5.74) is 0.584. The number of amides is 2. The first-order chi connectivity index (χ1) is 7.89. The van der Waals surface area contributed by atoms with Gasteiger partial charge in [-0.05, 0) is 12.1 Å². The van der Waals surface area contributed by atoms with E-state index in [-0.39, 0.29) is 6.54 Å². The molecule has 1 rings (SSSR count). The monoisotopic (exact) mass is 195 g/mol. The van der Waals surface area contributed by atoms with E-state index >= 15 is 0 Å². The van der Waals surface area contributed by atoms with Crippen molar-refractivity contribution in [3.8, 4) is 0 Å². The van der Waals surface area contributed by atoms with E-state index in [1.807, 2.05) is 5.32 Å². The predicted molar refractivity (Wildman–Crippen MR) is 53.8 cm³/mol. The van der Waals surface area contributed by atoms with E-state index in [1.54, 1.807) is 30.3 Å². The Morgan fingerprint density at radius 1 is 1.36 bits per heavy atom. The second kappa shape index (κ2) is 5.01. The number of rotatable bonds is 3. The molecule has 0 atom stereocenters. The molecule has 4 heteroatoms. The van der Waals surface area contributed by atoms with E-state index in [2.05, 4.69) is 5.32 Å². The second-order valence-electron chi connectivity index (χ2n) is 2.60. The predicted octanol–water partition coefficient (Wildman–Crippen LogP) is 0.761. The van der Waals surface area contributed by atoms with Gasteiger partial charge in [0, 0.05) is 16.7 Å². The standard InChI is InChI=1S/C10H12N2O2/c1-8(13)11-7-10(14)12-9-5-3-2-4-6-9/h2-6H,7H2,1H3,(H,11,13)(H,12,14)/i1D3. The zero-order chi connectivity index (χ0) is 12.9. The summed E-state index contributed by atoms with van der Waals surface area (Å²) in [7, 11) is 0. The third-order valence-corrected chi connectivity index (χ3v) is 1.47. The molecule has 1 aromatic rings. The van der Waals surface area contributed by atoms with Gasteiger partial charge in [0.25, 0.3) is 0 Å². The topological polar surface area (TPSA) is 58.2 Å². The van der Waals surface area contributed by atoms with Crippen LogP contribution in [0.3, 0.4) is 0 Å². The van der Waals surface area contributed by atoms with Gasteiger partial charge in [0.15, 0.2) is 0 Å². The molecule has 0 aliphatic rings. The number of carbonyl (C=O) groups excluding carboxylic acids is 2. The number of nitrogens with one attached hydrogen (secondary N) is 2. The van der Waals surface area contributed by atoms with Crippen LogP contribution in [0.4, 0.5) is 5.69 Å². The lowest BCUT2D eigenvalue weighted by molar-refractivity contribution is -0.122. The van der Waals surface area contributed by atoms with Crippen LogP contribution in [-0.4, -0.2) is 18.4 Å². The minimum absolute atomic E-state index is 0.369. The van der Waals surface area contributed by atoms with Crippen LogP contribution in [0.5, 0.6) is 0 Å². The van der Waals surface area contributed by atoms with Crippen molar-refractivity contribution >= 4 is 17.5 Å². The van der Waals surface area contributed by atoms with Gasteiger partial charge in [-0.1, -0.05) is 18.2 Å². The maximum atomic E-state index is 11.3. The normalized spacial score (nSPS) is 13.3. The Balaban J connectivity index is 2.39. The van der Waals surface area contributed by atoms with Gasteiger partial charge in [-0.2, -0.15) is 0 Å². The van der Waals surface area contributed by atoms with Crippen LogP contribution >= 0.6 is 0 Å². The van der Waals surface area contributed by atoms with Crippen molar-refractivity contribution < 1.29 is 13.7 Å². The molecule has 0 aromatic heterocycles. The molecule has 4 nitrogen and oxygen atoms in total. The SMILES string of the molecule is [2H]C([2H])([2H])C(=O)NCC(=O)Nc1ccccc1. The van der Waals surface area contributed by atoms with Gasteiger partial charge >= 0.3 is 0 Å². The largest absolute Gasteiger partial charge is 0.347 e. The summed E-state index contributed by atoms with van der Waals surface area (Å²) in [4.78, 5) is 22.3. The van der Waals surface area contributed by atoms with Crippen LogP contribution in [0.2, 0.25) is 0 Å². The van der Waals surface area contributed by atoms with E-state index in [0.29, 0.717) is 5.69 Å². The molecule has 0 aliphatic heterocycles. The van der Waals surface area contributed by atoms with Crippen molar-refractivity contribution in [1.82, 2.24) is 5.32 Å². The van der Waals surface area contributed by atoms with E-state index in [1.165, 1.54) is 0 Å². The van der Waals surface area contributed by atoms with Gasteiger partial charge in [0.05, 0.1) is 6.54 Å². The zero-order valence-electron chi connectivity index (χ0n) is 10.4. The van der Waals surface area contributed by atoms with Crippen LogP contribution in [0, 0.1) is 0 Å². The minimum atomic E-state index is -2.73. The van der Waals surface area contributed by atoms with Crippen LogP contribution in [0.1, 0.15) is 11.0 Å². The lowest BCUT2D eigenvalue weighted by Gasteiger charge is -2.04. The summed E-state index contributed by atoms with van der Waals surface area (Å²) < 4.78 is 20.4. The Labute approximate surface area is 86.5 Å². The lowest BCUT2D eigenvalue weighted by Crippen LogP contribution is -2.31. The van der Waals surface area contributed by atoms with Gasteiger partial charge in [-0.15, -0.1) is 0 Å². The van der Waals surface area contributed by atoms with Crippen LogP contribution < -0.4 is 10.6 Å². The molecule has 0 heterocycles. The molecule has 1 aromatic carbocycles. The molecule has 0 spiro atoms. The molecule has 0 fully saturated rings. The van der Waals surface area contributed by atoms with Crippen molar-refractivity contribution in [3.05, 3.63) is 30.3 Å². The number of anilines is 1. The molecule has 2 amide bonds. The first kappa shape index (κ1) is 6.59. The molecule has 14 heavy (non-hydrogen) atoms. The molecule has 74 valence electrons. The van der Waals surface area contributed by atoms with Crippen molar-refractivity contribution in [2.45, 2.75) is 6.85 Å². The number of benzene rings is 1. The number of carbonyl (C=O) groups is 2. The highest BCUT2D eigenvalue weighted by Gasteiger charge is 2.01. The first-order valence-electron chi connectivity index (χ1n) is 5.53. The smallest absolute Gasteiger partial charge is 0.243 e.